The van der Waals surface area contributed by atoms with Crippen LogP contribution < -0.4 is 5.32 Å². The number of hydrogen-bond donors (Lipinski definition) is 1. The summed E-state index contributed by atoms with van der Waals surface area (Å²) in [5.41, 5.74) is 0.645. The molecule has 2 amide bonds. The summed E-state index contributed by atoms with van der Waals surface area (Å²) in [6.07, 6.45) is 2.68. The summed E-state index contributed by atoms with van der Waals surface area (Å²) in [4.78, 5) is 28.5. The molecule has 1 aliphatic heterocycles. The third kappa shape index (κ3) is 5.78. The van der Waals surface area contributed by atoms with Gasteiger partial charge >= 0.3 is 6.09 Å². The van der Waals surface area contributed by atoms with Gasteiger partial charge in [-0.3, -0.25) is 13.9 Å². The molecule has 1 saturated heterocycles. The van der Waals surface area contributed by atoms with Gasteiger partial charge in [0.1, 0.15) is 6.61 Å². The Labute approximate surface area is 156 Å². The van der Waals surface area contributed by atoms with E-state index in [-0.39, 0.29) is 13.2 Å². The maximum Gasteiger partial charge on any atom is 0.410 e. The Kier molecular flexibility index (Phi) is 7.12. The molecule has 0 spiro atoms. The van der Waals surface area contributed by atoms with Crippen molar-refractivity contribution in [2.24, 2.45) is 0 Å². The van der Waals surface area contributed by atoms with Gasteiger partial charge in [0.15, 0.2) is 0 Å². The van der Waals surface area contributed by atoms with Crippen molar-refractivity contribution in [3.05, 3.63) is 28.7 Å². The van der Waals surface area contributed by atoms with E-state index in [9.17, 15) is 18.0 Å². The Morgan fingerprint density at radius 2 is 2.35 bits per heavy atom. The van der Waals surface area contributed by atoms with E-state index < -0.39 is 28.4 Å². The average molecular weight is 403 g/mol. The molecule has 11 heteroatoms. The molecule has 26 heavy (non-hydrogen) atoms. The highest BCUT2D eigenvalue weighted by molar-refractivity contribution is 7.86. The van der Waals surface area contributed by atoms with Crippen LogP contribution in [0.2, 0.25) is 0 Å². The lowest BCUT2D eigenvalue weighted by atomic mass is 10.1. The molecule has 1 aromatic heterocycles. The lowest BCUT2D eigenvalue weighted by Crippen LogP contribution is -2.33. The molecular formula is C15H21N3O6S2. The van der Waals surface area contributed by atoms with Crippen molar-refractivity contribution in [2.75, 3.05) is 26.0 Å². The van der Waals surface area contributed by atoms with Crippen LogP contribution in [0.5, 0.6) is 0 Å². The maximum atomic E-state index is 12.3. The van der Waals surface area contributed by atoms with Crippen LogP contribution in [0.4, 0.5) is 4.79 Å². The zero-order valence-corrected chi connectivity index (χ0v) is 15.9. The van der Waals surface area contributed by atoms with Crippen molar-refractivity contribution in [2.45, 2.75) is 25.0 Å². The Morgan fingerprint density at radius 1 is 1.58 bits per heavy atom. The van der Waals surface area contributed by atoms with E-state index in [1.807, 2.05) is 5.38 Å². The zero-order valence-electron chi connectivity index (χ0n) is 14.3. The van der Waals surface area contributed by atoms with E-state index >= 15 is 0 Å². The first-order valence-corrected chi connectivity index (χ1v) is 10.6. The van der Waals surface area contributed by atoms with Gasteiger partial charge in [-0.2, -0.15) is 8.42 Å². The third-order valence-corrected chi connectivity index (χ3v) is 5.16. The number of thiazole rings is 1. The number of rotatable bonds is 9. The Hall–Kier alpha value is -1.98. The molecule has 2 heterocycles. The van der Waals surface area contributed by atoms with E-state index in [1.54, 1.807) is 0 Å². The van der Waals surface area contributed by atoms with Crippen LogP contribution >= 0.6 is 11.3 Å². The standard InChI is InChI=1S/C15H21N3O6S2/c1-3-6-23-15(20)18-8-11(24-26(2,21)22)7-13(18)12-9-25-14(17-12)4-5-16-10-19/h3,9-11,13H,1,4-8H2,2H3,(H,16,19)/t11-,13+/m1/s1. The molecule has 0 aromatic carbocycles. The van der Waals surface area contributed by atoms with E-state index in [1.165, 1.54) is 22.3 Å². The molecule has 9 nitrogen and oxygen atoms in total. The number of likely N-dealkylation sites (tertiary alicyclic amines) is 1. The van der Waals surface area contributed by atoms with E-state index in [2.05, 4.69) is 16.9 Å². The minimum absolute atomic E-state index is 0.0549. The minimum atomic E-state index is -3.64. The number of nitrogens with one attached hydrogen (secondary N) is 1. The van der Waals surface area contributed by atoms with Crippen molar-refractivity contribution in [3.8, 4) is 0 Å². The van der Waals surface area contributed by atoms with Crippen LogP contribution in [0.3, 0.4) is 0 Å². The van der Waals surface area contributed by atoms with Gasteiger partial charge in [-0.05, 0) is 0 Å². The summed E-state index contributed by atoms with van der Waals surface area (Å²) in [5.74, 6) is 0. The van der Waals surface area contributed by atoms with Gasteiger partial charge in [-0.1, -0.05) is 12.7 Å². The predicted molar refractivity (Wildman–Crippen MR) is 95.2 cm³/mol. The predicted octanol–water partition coefficient (Wildman–Crippen LogP) is 0.846. The largest absolute Gasteiger partial charge is 0.445 e. The first-order valence-electron chi connectivity index (χ1n) is 7.88. The monoisotopic (exact) mass is 403 g/mol. The van der Waals surface area contributed by atoms with Crippen molar-refractivity contribution in [1.29, 1.82) is 0 Å². The van der Waals surface area contributed by atoms with Gasteiger partial charge in [0.25, 0.3) is 10.1 Å². The molecule has 2 rings (SSSR count). The third-order valence-electron chi connectivity index (χ3n) is 3.61. The molecule has 0 saturated carbocycles. The van der Waals surface area contributed by atoms with Gasteiger partial charge < -0.3 is 10.1 Å². The van der Waals surface area contributed by atoms with Gasteiger partial charge in [0, 0.05) is 24.8 Å². The van der Waals surface area contributed by atoms with Crippen LogP contribution in [0.15, 0.2) is 18.0 Å². The Morgan fingerprint density at radius 3 is 3.00 bits per heavy atom. The molecule has 0 aliphatic carbocycles. The summed E-state index contributed by atoms with van der Waals surface area (Å²) in [7, 11) is -3.64. The number of aromatic nitrogens is 1. The fourth-order valence-corrected chi connectivity index (χ4v) is 4.12. The average Bonchev–Trinajstić information content (AvgIpc) is 3.18. The van der Waals surface area contributed by atoms with Crippen LogP contribution in [-0.2, 0) is 30.3 Å². The molecule has 1 aromatic rings. The number of nitrogens with zero attached hydrogens (tertiary/aromatic N) is 2. The highest BCUT2D eigenvalue weighted by atomic mass is 32.2. The number of ether oxygens (including phenoxy) is 1. The van der Waals surface area contributed by atoms with Crippen LogP contribution in [-0.4, -0.2) is 62.9 Å². The summed E-state index contributed by atoms with van der Waals surface area (Å²) < 4.78 is 33.0. The van der Waals surface area contributed by atoms with Gasteiger partial charge in [-0.15, -0.1) is 11.3 Å². The van der Waals surface area contributed by atoms with E-state index in [0.29, 0.717) is 31.5 Å². The summed E-state index contributed by atoms with van der Waals surface area (Å²) in [6.45, 7) is 4.11. The molecule has 1 fully saturated rings. The van der Waals surface area contributed by atoms with Gasteiger partial charge in [-0.25, -0.2) is 9.78 Å². The topological polar surface area (TPSA) is 115 Å². The van der Waals surface area contributed by atoms with Crippen LogP contribution in [0, 0.1) is 0 Å². The molecule has 1 N–H and O–H groups in total. The minimum Gasteiger partial charge on any atom is -0.445 e. The Balaban J connectivity index is 2.14. The molecule has 0 bridgehead atoms. The summed E-state index contributed by atoms with van der Waals surface area (Å²) >= 11 is 1.41. The fourth-order valence-electron chi connectivity index (χ4n) is 2.64. The van der Waals surface area contributed by atoms with Crippen molar-refractivity contribution in [1.82, 2.24) is 15.2 Å². The SMILES string of the molecule is C=CCOC(=O)N1C[C@H](OS(C)(=O)=O)C[C@H]1c1csc(CCNC=O)n1. The normalized spacial score (nSPS) is 20.0. The number of hydrogen-bond acceptors (Lipinski definition) is 8. The molecule has 2 atom stereocenters. The summed E-state index contributed by atoms with van der Waals surface area (Å²) in [6, 6.07) is -0.442. The number of carbonyl (C=O) groups excluding carboxylic acids is 2. The second kappa shape index (κ2) is 9.10. The second-order valence-electron chi connectivity index (χ2n) is 5.68. The zero-order chi connectivity index (χ0) is 19.2. The Bertz CT molecular complexity index is 748. The number of carbonyl (C=O) groups is 2. The van der Waals surface area contributed by atoms with Gasteiger partial charge in [0.2, 0.25) is 6.41 Å². The van der Waals surface area contributed by atoms with Crippen LogP contribution in [0.1, 0.15) is 23.2 Å². The molecule has 0 radical (unpaired) electrons. The maximum absolute atomic E-state index is 12.3. The lowest BCUT2D eigenvalue weighted by molar-refractivity contribution is -0.109. The summed E-state index contributed by atoms with van der Waals surface area (Å²) in [5, 5.41) is 5.19. The first kappa shape index (κ1) is 20.3. The molecular weight excluding hydrogens is 382 g/mol. The lowest BCUT2D eigenvalue weighted by Gasteiger charge is -2.22. The van der Waals surface area contributed by atoms with E-state index in [4.69, 9.17) is 8.92 Å². The van der Waals surface area contributed by atoms with Gasteiger partial charge in [0.05, 0.1) is 35.6 Å². The molecule has 0 unspecified atom stereocenters. The van der Waals surface area contributed by atoms with Crippen LogP contribution in [0.25, 0.3) is 0 Å². The first-order chi connectivity index (χ1) is 12.3. The quantitative estimate of drug-likeness (QED) is 0.281. The molecule has 144 valence electrons. The molecule has 1 aliphatic rings. The van der Waals surface area contributed by atoms with Crippen molar-refractivity contribution >= 4 is 34.0 Å². The van der Waals surface area contributed by atoms with E-state index in [0.717, 1.165) is 11.3 Å². The van der Waals surface area contributed by atoms with Crippen molar-refractivity contribution < 1.29 is 26.9 Å². The number of amides is 2. The second-order valence-corrected chi connectivity index (χ2v) is 8.22. The highest BCUT2D eigenvalue weighted by Crippen LogP contribution is 2.35. The highest BCUT2D eigenvalue weighted by Gasteiger charge is 2.40. The fraction of sp³-hybridized carbons (Fsp3) is 0.533. The van der Waals surface area contributed by atoms with Crippen molar-refractivity contribution in [3.63, 3.8) is 0 Å². The smallest absolute Gasteiger partial charge is 0.410 e.